The van der Waals surface area contributed by atoms with E-state index >= 15 is 0 Å². The smallest absolute Gasteiger partial charge is 0.264 e. The largest absolute Gasteiger partial charge is 0.482 e. The molecule has 0 aliphatic heterocycles. The molecular weight excluding hydrogens is 387 g/mol. The van der Waals surface area contributed by atoms with Gasteiger partial charge in [0.25, 0.3) is 11.4 Å². The van der Waals surface area contributed by atoms with Gasteiger partial charge < -0.3 is 9.26 Å². The Kier molecular flexibility index (Phi) is 5.03. The first-order valence-corrected chi connectivity index (χ1v) is 8.81. The monoisotopic (exact) mass is 400 g/mol. The van der Waals surface area contributed by atoms with Gasteiger partial charge in [-0.05, 0) is 30.3 Å². The van der Waals surface area contributed by atoms with Crippen molar-refractivity contribution in [3.63, 3.8) is 0 Å². The van der Waals surface area contributed by atoms with Crippen molar-refractivity contribution in [1.82, 2.24) is 19.7 Å². The molecule has 2 aromatic heterocycles. The van der Waals surface area contributed by atoms with Crippen LogP contribution in [0.5, 0.6) is 5.75 Å². The Balaban J connectivity index is 1.40. The number of nitrogens with zero attached hydrogens (tertiary/aromatic N) is 4. The molecular formula is C19H14ClFN4O3. The number of hydrogen-bond acceptors (Lipinski definition) is 6. The summed E-state index contributed by atoms with van der Waals surface area (Å²) in [6, 6.07) is 11.0. The van der Waals surface area contributed by atoms with Crippen molar-refractivity contribution >= 4 is 22.5 Å². The Bertz CT molecular complexity index is 1190. The van der Waals surface area contributed by atoms with Crippen LogP contribution in [0, 0.1) is 5.82 Å². The zero-order chi connectivity index (χ0) is 19.5. The molecule has 0 amide bonds. The maximum absolute atomic E-state index is 13.0. The first-order valence-electron chi connectivity index (χ1n) is 8.43. The minimum atomic E-state index is -0.448. The van der Waals surface area contributed by atoms with Gasteiger partial charge in [-0.1, -0.05) is 28.9 Å². The maximum atomic E-state index is 13.0. The molecule has 0 unspecified atom stereocenters. The number of aromatic nitrogens is 4. The standard InChI is InChI=1S/C19H14ClFN4O3/c20-14-9-12(21)5-6-16(14)27-10-18-23-17(24-28-18)7-8-25-11-22-15-4-2-1-3-13(15)19(25)26/h1-6,9,11H,7-8,10H2. The molecule has 0 fully saturated rings. The molecule has 0 radical (unpaired) electrons. The van der Waals surface area contributed by atoms with Gasteiger partial charge in [0.15, 0.2) is 12.4 Å². The minimum Gasteiger partial charge on any atom is -0.482 e. The first kappa shape index (κ1) is 18.1. The normalized spacial score (nSPS) is 11.1. The lowest BCUT2D eigenvalue weighted by Crippen LogP contribution is -2.21. The summed E-state index contributed by atoms with van der Waals surface area (Å²) in [5.41, 5.74) is 0.533. The van der Waals surface area contributed by atoms with E-state index in [1.807, 2.05) is 6.07 Å². The van der Waals surface area contributed by atoms with E-state index in [4.69, 9.17) is 20.9 Å². The summed E-state index contributed by atoms with van der Waals surface area (Å²) in [7, 11) is 0. The molecule has 0 aliphatic carbocycles. The first-order chi connectivity index (χ1) is 13.6. The van der Waals surface area contributed by atoms with Crippen molar-refractivity contribution < 1.29 is 13.7 Å². The Hall–Kier alpha value is -3.26. The Morgan fingerprint density at radius 1 is 1.21 bits per heavy atom. The molecule has 0 bridgehead atoms. The van der Waals surface area contributed by atoms with Crippen molar-refractivity contribution in [3.05, 3.63) is 81.7 Å². The van der Waals surface area contributed by atoms with Crippen LogP contribution >= 0.6 is 11.6 Å². The molecule has 4 rings (SSSR count). The van der Waals surface area contributed by atoms with E-state index in [2.05, 4.69) is 15.1 Å². The van der Waals surface area contributed by atoms with Crippen LogP contribution in [0.2, 0.25) is 5.02 Å². The third-order valence-electron chi connectivity index (χ3n) is 4.06. The van der Waals surface area contributed by atoms with Crippen LogP contribution in [-0.2, 0) is 19.6 Å². The summed E-state index contributed by atoms with van der Waals surface area (Å²) < 4.78 is 25.1. The van der Waals surface area contributed by atoms with Crippen LogP contribution in [0.3, 0.4) is 0 Å². The van der Waals surface area contributed by atoms with E-state index in [0.717, 1.165) is 6.07 Å². The minimum absolute atomic E-state index is 0.00414. The summed E-state index contributed by atoms with van der Waals surface area (Å²) >= 11 is 5.90. The topological polar surface area (TPSA) is 83.0 Å². The molecule has 4 aromatic rings. The SMILES string of the molecule is O=c1c2ccccc2ncn1CCc1noc(COc2ccc(F)cc2Cl)n1. The van der Waals surface area contributed by atoms with Crippen molar-refractivity contribution in [2.75, 3.05) is 0 Å². The average Bonchev–Trinajstić information content (AvgIpc) is 3.15. The number of aryl methyl sites for hydroxylation is 2. The third-order valence-corrected chi connectivity index (χ3v) is 4.36. The van der Waals surface area contributed by atoms with Crippen LogP contribution in [0.25, 0.3) is 10.9 Å². The summed E-state index contributed by atoms with van der Waals surface area (Å²) in [5.74, 6) is 0.552. The fraction of sp³-hybridized carbons (Fsp3) is 0.158. The lowest BCUT2D eigenvalue weighted by molar-refractivity contribution is 0.242. The predicted octanol–water partition coefficient (Wildman–Crippen LogP) is 3.39. The van der Waals surface area contributed by atoms with Crippen LogP contribution in [0.15, 0.2) is 58.1 Å². The summed E-state index contributed by atoms with van der Waals surface area (Å²) in [4.78, 5) is 21.0. The Labute approximate surface area is 163 Å². The highest BCUT2D eigenvalue weighted by molar-refractivity contribution is 6.32. The highest BCUT2D eigenvalue weighted by Crippen LogP contribution is 2.25. The molecule has 0 aliphatic rings. The van der Waals surface area contributed by atoms with Gasteiger partial charge in [0.1, 0.15) is 11.6 Å². The number of halogens is 2. The number of para-hydroxylation sites is 1. The van der Waals surface area contributed by atoms with Crippen LogP contribution in [0.4, 0.5) is 4.39 Å². The quantitative estimate of drug-likeness (QED) is 0.493. The third kappa shape index (κ3) is 3.86. The van der Waals surface area contributed by atoms with Crippen molar-refractivity contribution in [2.45, 2.75) is 19.6 Å². The molecule has 0 spiro atoms. The van der Waals surface area contributed by atoms with Gasteiger partial charge in [0.05, 0.1) is 22.3 Å². The van der Waals surface area contributed by atoms with Gasteiger partial charge in [-0.25, -0.2) is 9.37 Å². The highest BCUT2D eigenvalue weighted by Gasteiger charge is 2.10. The summed E-state index contributed by atoms with van der Waals surface area (Å²) in [6.45, 7) is 0.357. The van der Waals surface area contributed by atoms with Gasteiger partial charge >= 0.3 is 0 Å². The molecule has 7 nitrogen and oxygen atoms in total. The van der Waals surface area contributed by atoms with E-state index in [-0.39, 0.29) is 23.1 Å². The van der Waals surface area contributed by atoms with Gasteiger partial charge in [-0.3, -0.25) is 9.36 Å². The number of benzene rings is 2. The van der Waals surface area contributed by atoms with Crippen LogP contribution in [0.1, 0.15) is 11.7 Å². The van der Waals surface area contributed by atoms with Crippen molar-refractivity contribution in [1.29, 1.82) is 0 Å². The lowest BCUT2D eigenvalue weighted by Gasteiger charge is -2.05. The zero-order valence-electron chi connectivity index (χ0n) is 14.5. The molecule has 0 atom stereocenters. The van der Waals surface area contributed by atoms with Crippen LogP contribution < -0.4 is 10.3 Å². The van der Waals surface area contributed by atoms with Crippen molar-refractivity contribution in [3.8, 4) is 5.75 Å². The number of hydrogen-bond donors (Lipinski definition) is 0. The summed E-state index contributed by atoms with van der Waals surface area (Å²) in [6.07, 6.45) is 1.89. The zero-order valence-corrected chi connectivity index (χ0v) is 15.3. The maximum Gasteiger partial charge on any atom is 0.264 e. The van der Waals surface area contributed by atoms with Gasteiger partial charge in [-0.2, -0.15) is 4.98 Å². The lowest BCUT2D eigenvalue weighted by atomic mass is 10.2. The average molecular weight is 401 g/mol. The molecule has 28 heavy (non-hydrogen) atoms. The fourth-order valence-corrected chi connectivity index (χ4v) is 2.89. The van der Waals surface area contributed by atoms with Gasteiger partial charge in [0, 0.05) is 13.0 Å². The Morgan fingerprint density at radius 3 is 2.93 bits per heavy atom. The predicted molar refractivity (Wildman–Crippen MR) is 99.7 cm³/mol. The van der Waals surface area contributed by atoms with E-state index in [9.17, 15) is 9.18 Å². The molecule has 0 saturated heterocycles. The second-order valence-corrected chi connectivity index (χ2v) is 6.39. The molecule has 0 N–H and O–H groups in total. The number of ether oxygens (including phenoxy) is 1. The number of fused-ring (bicyclic) bond motifs is 1. The fourth-order valence-electron chi connectivity index (χ4n) is 2.67. The van der Waals surface area contributed by atoms with Gasteiger partial charge in [-0.15, -0.1) is 0 Å². The molecule has 9 heteroatoms. The van der Waals surface area contributed by atoms with E-state index < -0.39 is 5.82 Å². The Morgan fingerprint density at radius 2 is 2.07 bits per heavy atom. The molecule has 0 saturated carbocycles. The highest BCUT2D eigenvalue weighted by atomic mass is 35.5. The summed E-state index contributed by atoms with van der Waals surface area (Å²) in [5, 5.41) is 4.59. The van der Waals surface area contributed by atoms with Crippen molar-refractivity contribution in [2.24, 2.45) is 0 Å². The van der Waals surface area contributed by atoms with Crippen LogP contribution in [-0.4, -0.2) is 19.7 Å². The second kappa shape index (κ2) is 7.77. The van der Waals surface area contributed by atoms with Gasteiger partial charge in [0.2, 0.25) is 0 Å². The molecule has 2 aromatic carbocycles. The van der Waals surface area contributed by atoms with E-state index in [0.29, 0.717) is 35.4 Å². The molecule has 142 valence electrons. The molecule has 2 heterocycles. The number of rotatable bonds is 6. The van der Waals surface area contributed by atoms with E-state index in [1.165, 1.54) is 23.0 Å². The second-order valence-electron chi connectivity index (χ2n) is 5.98. The van der Waals surface area contributed by atoms with E-state index in [1.54, 1.807) is 18.2 Å².